The van der Waals surface area contributed by atoms with Crippen LogP contribution in [0.1, 0.15) is 22.6 Å². The summed E-state index contributed by atoms with van der Waals surface area (Å²) in [5.41, 5.74) is 0. The second kappa shape index (κ2) is 6.58. The van der Waals surface area contributed by atoms with Crippen LogP contribution in [-0.4, -0.2) is 34.3 Å². The van der Waals surface area contributed by atoms with Crippen molar-refractivity contribution < 1.29 is 9.59 Å². The molecule has 2 aromatic heterocycles. The number of nitrogens with one attached hydrogen (secondary N) is 1. The number of amides is 2. The maximum Gasteiger partial charge on any atom is 0.248 e. The van der Waals surface area contributed by atoms with Crippen LogP contribution in [0, 0.1) is 6.92 Å². The Morgan fingerprint density at radius 3 is 3.00 bits per heavy atom. The third-order valence-corrected chi connectivity index (χ3v) is 5.35. The molecule has 2 aromatic rings. The number of aryl methyl sites for hydroxylation is 1. The SMILES string of the molecule is Cc1ccc(CC(=O)N2CCCC2C(=O)Nc2nccs2)s1. The largest absolute Gasteiger partial charge is 0.330 e. The van der Waals surface area contributed by atoms with Gasteiger partial charge in [0.2, 0.25) is 11.8 Å². The lowest BCUT2D eigenvalue weighted by Crippen LogP contribution is -2.43. The van der Waals surface area contributed by atoms with Crippen molar-refractivity contribution in [2.24, 2.45) is 0 Å². The van der Waals surface area contributed by atoms with Gasteiger partial charge in [-0.1, -0.05) is 0 Å². The number of likely N-dealkylation sites (tertiary alicyclic amines) is 1. The molecule has 0 aromatic carbocycles. The molecule has 0 radical (unpaired) electrons. The van der Waals surface area contributed by atoms with Gasteiger partial charge in [-0.25, -0.2) is 4.98 Å². The summed E-state index contributed by atoms with van der Waals surface area (Å²) in [4.78, 5) is 32.8. The van der Waals surface area contributed by atoms with Gasteiger partial charge in [0.05, 0.1) is 6.42 Å². The lowest BCUT2D eigenvalue weighted by Gasteiger charge is -2.23. The molecule has 7 heteroatoms. The second-order valence-corrected chi connectivity index (χ2v) is 7.53. The van der Waals surface area contributed by atoms with Crippen LogP contribution in [0.3, 0.4) is 0 Å². The Morgan fingerprint density at radius 2 is 2.32 bits per heavy atom. The number of hydrogen-bond acceptors (Lipinski definition) is 5. The molecule has 1 fully saturated rings. The number of carbonyl (C=O) groups excluding carboxylic acids is 2. The van der Waals surface area contributed by atoms with Crippen LogP contribution in [0.4, 0.5) is 5.13 Å². The highest BCUT2D eigenvalue weighted by Crippen LogP contribution is 2.23. The number of thiazole rings is 1. The van der Waals surface area contributed by atoms with Crippen molar-refractivity contribution in [2.45, 2.75) is 32.2 Å². The monoisotopic (exact) mass is 335 g/mol. The summed E-state index contributed by atoms with van der Waals surface area (Å²) in [5.74, 6) is -0.109. The van der Waals surface area contributed by atoms with Crippen LogP contribution < -0.4 is 5.32 Å². The van der Waals surface area contributed by atoms with Crippen LogP contribution in [0.5, 0.6) is 0 Å². The quantitative estimate of drug-likeness (QED) is 0.934. The average molecular weight is 335 g/mol. The summed E-state index contributed by atoms with van der Waals surface area (Å²) in [5, 5.41) is 5.19. The van der Waals surface area contributed by atoms with Crippen LogP contribution in [0.15, 0.2) is 23.7 Å². The van der Waals surface area contributed by atoms with E-state index in [-0.39, 0.29) is 17.9 Å². The van der Waals surface area contributed by atoms with Crippen LogP contribution in [0.25, 0.3) is 0 Å². The standard InChI is InChI=1S/C15H17N3O2S2/c1-10-4-5-11(22-10)9-13(19)18-7-2-3-12(18)14(20)17-15-16-6-8-21-15/h4-6,8,12H,2-3,7,9H2,1H3,(H,16,17,20). The molecule has 0 bridgehead atoms. The average Bonchev–Trinajstić information content (AvgIpc) is 3.19. The van der Waals surface area contributed by atoms with Crippen molar-refractivity contribution in [3.63, 3.8) is 0 Å². The molecule has 1 unspecified atom stereocenters. The van der Waals surface area contributed by atoms with Crippen molar-refractivity contribution in [3.8, 4) is 0 Å². The second-order valence-electron chi connectivity index (χ2n) is 5.26. The molecule has 0 spiro atoms. The van der Waals surface area contributed by atoms with Gasteiger partial charge in [0.15, 0.2) is 5.13 Å². The first kappa shape index (κ1) is 15.2. The van der Waals surface area contributed by atoms with E-state index in [2.05, 4.69) is 10.3 Å². The van der Waals surface area contributed by atoms with Crippen molar-refractivity contribution in [2.75, 3.05) is 11.9 Å². The number of thiophene rings is 1. The highest BCUT2D eigenvalue weighted by atomic mass is 32.1. The van der Waals surface area contributed by atoms with Gasteiger partial charge in [-0.2, -0.15) is 0 Å². The van der Waals surface area contributed by atoms with Crippen LogP contribution >= 0.6 is 22.7 Å². The predicted octanol–water partition coefficient (Wildman–Crippen LogP) is 2.69. The summed E-state index contributed by atoms with van der Waals surface area (Å²) in [7, 11) is 0. The summed E-state index contributed by atoms with van der Waals surface area (Å²) >= 11 is 3.01. The molecule has 116 valence electrons. The molecule has 2 amide bonds. The van der Waals surface area contributed by atoms with E-state index in [9.17, 15) is 9.59 Å². The third kappa shape index (κ3) is 3.36. The Hall–Kier alpha value is -1.73. The molecule has 22 heavy (non-hydrogen) atoms. The first-order chi connectivity index (χ1) is 10.6. The van der Waals surface area contributed by atoms with Crippen LogP contribution in [-0.2, 0) is 16.0 Å². The van der Waals surface area contributed by atoms with Crippen molar-refractivity contribution in [1.29, 1.82) is 0 Å². The summed E-state index contributed by atoms with van der Waals surface area (Å²) in [6.45, 7) is 2.68. The third-order valence-electron chi connectivity index (χ3n) is 3.66. The molecule has 1 aliphatic rings. The van der Waals surface area contributed by atoms with Gasteiger partial charge in [-0.15, -0.1) is 22.7 Å². The van der Waals surface area contributed by atoms with E-state index < -0.39 is 0 Å². The zero-order valence-electron chi connectivity index (χ0n) is 12.2. The summed E-state index contributed by atoms with van der Waals surface area (Å²) < 4.78 is 0. The normalized spacial score (nSPS) is 17.7. The molecular formula is C15H17N3O2S2. The van der Waals surface area contributed by atoms with Crippen molar-refractivity contribution >= 4 is 39.6 Å². The Bertz CT molecular complexity index is 666. The molecule has 0 saturated carbocycles. The van der Waals surface area contributed by atoms with Crippen molar-refractivity contribution in [3.05, 3.63) is 33.5 Å². The lowest BCUT2D eigenvalue weighted by molar-refractivity contribution is -0.136. The van der Waals surface area contributed by atoms with Gasteiger partial charge in [-0.05, 0) is 31.9 Å². The fourth-order valence-electron chi connectivity index (χ4n) is 2.64. The number of carbonyl (C=O) groups is 2. The number of rotatable bonds is 4. The van der Waals surface area contributed by atoms with Gasteiger partial charge in [0.1, 0.15) is 6.04 Å². The zero-order chi connectivity index (χ0) is 15.5. The zero-order valence-corrected chi connectivity index (χ0v) is 13.9. The molecule has 1 N–H and O–H groups in total. The Balaban J connectivity index is 1.64. The van der Waals surface area contributed by atoms with Gasteiger partial charge < -0.3 is 10.2 Å². The number of hydrogen-bond donors (Lipinski definition) is 1. The fourth-order valence-corrected chi connectivity index (χ4v) is 4.06. The van der Waals surface area contributed by atoms with E-state index >= 15 is 0 Å². The van der Waals surface area contributed by atoms with Gasteiger partial charge in [0.25, 0.3) is 0 Å². The minimum Gasteiger partial charge on any atom is -0.330 e. The van der Waals surface area contributed by atoms with E-state index in [0.29, 0.717) is 24.5 Å². The van der Waals surface area contributed by atoms with Gasteiger partial charge in [0, 0.05) is 27.9 Å². The Labute approximate surface area is 137 Å². The number of anilines is 1. The fraction of sp³-hybridized carbons (Fsp3) is 0.400. The smallest absolute Gasteiger partial charge is 0.248 e. The molecule has 0 aliphatic carbocycles. The molecule has 1 saturated heterocycles. The lowest BCUT2D eigenvalue weighted by atomic mass is 10.2. The molecular weight excluding hydrogens is 318 g/mol. The molecule has 3 heterocycles. The maximum absolute atomic E-state index is 12.5. The van der Waals surface area contributed by atoms with E-state index in [1.807, 2.05) is 24.4 Å². The molecule has 3 rings (SSSR count). The Morgan fingerprint density at radius 1 is 1.45 bits per heavy atom. The summed E-state index contributed by atoms with van der Waals surface area (Å²) in [6, 6.07) is 3.63. The van der Waals surface area contributed by atoms with Gasteiger partial charge in [-0.3, -0.25) is 9.59 Å². The van der Waals surface area contributed by atoms with E-state index in [0.717, 1.165) is 11.3 Å². The highest BCUT2D eigenvalue weighted by Gasteiger charge is 2.34. The topological polar surface area (TPSA) is 62.3 Å². The summed E-state index contributed by atoms with van der Waals surface area (Å²) in [6.07, 6.45) is 3.61. The van der Waals surface area contributed by atoms with Gasteiger partial charge >= 0.3 is 0 Å². The highest BCUT2D eigenvalue weighted by molar-refractivity contribution is 7.13. The number of aromatic nitrogens is 1. The molecule has 5 nitrogen and oxygen atoms in total. The van der Waals surface area contributed by atoms with Crippen LogP contribution in [0.2, 0.25) is 0 Å². The minimum absolute atomic E-state index is 0.0265. The van der Waals surface area contributed by atoms with Crippen molar-refractivity contribution in [1.82, 2.24) is 9.88 Å². The van der Waals surface area contributed by atoms with E-state index in [1.54, 1.807) is 22.4 Å². The minimum atomic E-state index is -0.377. The maximum atomic E-state index is 12.5. The van der Waals surface area contributed by atoms with E-state index in [4.69, 9.17) is 0 Å². The number of nitrogens with zero attached hydrogens (tertiary/aromatic N) is 2. The first-order valence-electron chi connectivity index (χ1n) is 7.18. The Kier molecular flexibility index (Phi) is 4.54. The van der Waals surface area contributed by atoms with E-state index in [1.165, 1.54) is 16.2 Å². The molecule has 1 atom stereocenters. The predicted molar refractivity (Wildman–Crippen MR) is 88.2 cm³/mol. The first-order valence-corrected chi connectivity index (χ1v) is 8.88. The molecule has 1 aliphatic heterocycles.